The maximum atomic E-state index is 10.5. The summed E-state index contributed by atoms with van der Waals surface area (Å²) in [7, 11) is 1.71. The fourth-order valence-electron chi connectivity index (χ4n) is 1.35. The van der Waals surface area contributed by atoms with Crippen LogP contribution in [0.3, 0.4) is 0 Å². The molecule has 1 aromatic heterocycles. The Bertz CT molecular complexity index is 565. The van der Waals surface area contributed by atoms with Crippen LogP contribution in [0.2, 0.25) is 0 Å². The highest BCUT2D eigenvalue weighted by Gasteiger charge is 2.11. The highest BCUT2D eigenvalue weighted by molar-refractivity contribution is 7.99. The summed E-state index contributed by atoms with van der Waals surface area (Å²) in [5, 5.41) is 22.5. The van der Waals surface area contributed by atoms with Crippen LogP contribution in [0.1, 0.15) is 0 Å². The summed E-state index contributed by atoms with van der Waals surface area (Å²) in [5.74, 6) is -0.267. The number of thioether (sulfide) groups is 1. The van der Waals surface area contributed by atoms with Crippen LogP contribution in [-0.2, 0) is 11.8 Å². The number of nitrogens with zero attached hydrogens (tertiary/aromatic N) is 3. The Kier molecular flexibility index (Phi) is 3.52. The topological polar surface area (TPSA) is 88.2 Å². The molecule has 2 aromatic rings. The number of phenolic OH excluding ortho intramolecular Hbond substituents is 1. The normalized spacial score (nSPS) is 10.5. The Morgan fingerprint density at radius 2 is 2.06 bits per heavy atom. The third-order valence-corrected chi connectivity index (χ3v) is 3.18. The van der Waals surface area contributed by atoms with Crippen molar-refractivity contribution in [2.45, 2.75) is 5.16 Å². The molecule has 0 radical (unpaired) electrons. The van der Waals surface area contributed by atoms with Gasteiger partial charge in [0.1, 0.15) is 5.75 Å². The molecule has 0 atom stereocenters. The molecule has 0 amide bonds. The zero-order chi connectivity index (χ0) is 13.1. The quantitative estimate of drug-likeness (QED) is 0.812. The number of aromatic nitrogens is 3. The Morgan fingerprint density at radius 3 is 2.67 bits per heavy atom. The van der Waals surface area contributed by atoms with E-state index in [9.17, 15) is 9.90 Å². The fraction of sp³-hybridized carbons (Fsp3) is 0.182. The Hall–Kier alpha value is -2.02. The van der Waals surface area contributed by atoms with Crippen LogP contribution in [0.4, 0.5) is 0 Å². The third-order valence-electron chi connectivity index (χ3n) is 2.17. The molecule has 7 heteroatoms. The van der Waals surface area contributed by atoms with Gasteiger partial charge in [-0.05, 0) is 24.3 Å². The van der Waals surface area contributed by atoms with Gasteiger partial charge in [0.2, 0.25) is 0 Å². The van der Waals surface area contributed by atoms with Crippen molar-refractivity contribution >= 4 is 17.7 Å². The van der Waals surface area contributed by atoms with Gasteiger partial charge in [-0.25, -0.2) is 9.67 Å². The molecular formula is C11H11N3O3S. The summed E-state index contributed by atoms with van der Waals surface area (Å²) in [6.45, 7) is 0. The van der Waals surface area contributed by atoms with Gasteiger partial charge in [-0.2, -0.15) is 5.10 Å². The van der Waals surface area contributed by atoms with Crippen molar-refractivity contribution in [2.75, 3.05) is 5.75 Å². The Morgan fingerprint density at radius 1 is 1.39 bits per heavy atom. The lowest BCUT2D eigenvalue weighted by atomic mass is 10.2. The van der Waals surface area contributed by atoms with Gasteiger partial charge < -0.3 is 10.2 Å². The Labute approximate surface area is 107 Å². The van der Waals surface area contributed by atoms with E-state index >= 15 is 0 Å². The minimum atomic E-state index is -0.894. The van der Waals surface area contributed by atoms with Crippen LogP contribution in [-0.4, -0.2) is 36.7 Å². The minimum absolute atomic E-state index is 0.0540. The number of rotatable bonds is 4. The number of aryl methyl sites for hydroxylation is 1. The van der Waals surface area contributed by atoms with Crippen molar-refractivity contribution in [1.29, 1.82) is 0 Å². The highest BCUT2D eigenvalue weighted by atomic mass is 32.2. The van der Waals surface area contributed by atoms with E-state index in [1.807, 2.05) is 0 Å². The first-order chi connectivity index (χ1) is 8.56. The van der Waals surface area contributed by atoms with Crippen molar-refractivity contribution in [3.05, 3.63) is 24.3 Å². The molecule has 94 valence electrons. The van der Waals surface area contributed by atoms with Gasteiger partial charge in [0, 0.05) is 12.6 Å². The molecule has 1 heterocycles. The van der Waals surface area contributed by atoms with E-state index in [0.717, 1.165) is 17.3 Å². The van der Waals surface area contributed by atoms with E-state index in [0.29, 0.717) is 11.0 Å². The van der Waals surface area contributed by atoms with Crippen LogP contribution >= 0.6 is 11.8 Å². The van der Waals surface area contributed by atoms with Crippen LogP contribution in [0, 0.1) is 0 Å². The van der Waals surface area contributed by atoms with Crippen molar-refractivity contribution in [3.63, 3.8) is 0 Å². The van der Waals surface area contributed by atoms with E-state index < -0.39 is 5.97 Å². The maximum Gasteiger partial charge on any atom is 0.313 e. The van der Waals surface area contributed by atoms with Gasteiger partial charge in [0.05, 0.1) is 5.75 Å². The average Bonchev–Trinajstić information content (AvgIpc) is 2.69. The SMILES string of the molecule is Cn1nc(-c2ccc(O)cc2)nc1SCC(=O)O. The summed E-state index contributed by atoms with van der Waals surface area (Å²) < 4.78 is 1.54. The summed E-state index contributed by atoms with van der Waals surface area (Å²) in [6, 6.07) is 6.51. The predicted octanol–water partition coefficient (Wildman–Crippen LogP) is 1.36. The van der Waals surface area contributed by atoms with Crippen molar-refractivity contribution in [2.24, 2.45) is 7.05 Å². The van der Waals surface area contributed by atoms with Crippen LogP contribution in [0.15, 0.2) is 29.4 Å². The number of carboxylic acid groups (broad SMARTS) is 1. The molecule has 0 saturated carbocycles. The largest absolute Gasteiger partial charge is 0.508 e. The molecule has 0 aliphatic heterocycles. The van der Waals surface area contributed by atoms with Gasteiger partial charge in [0.15, 0.2) is 11.0 Å². The van der Waals surface area contributed by atoms with Gasteiger partial charge in [-0.1, -0.05) is 11.8 Å². The molecule has 6 nitrogen and oxygen atoms in total. The summed E-state index contributed by atoms with van der Waals surface area (Å²) in [5.41, 5.74) is 0.769. The zero-order valence-corrected chi connectivity index (χ0v) is 10.4. The van der Waals surface area contributed by atoms with E-state index in [2.05, 4.69) is 10.1 Å². The molecule has 0 unspecified atom stereocenters. The molecule has 0 fully saturated rings. The van der Waals surface area contributed by atoms with Crippen LogP contribution in [0.5, 0.6) is 5.75 Å². The van der Waals surface area contributed by atoms with Crippen molar-refractivity contribution < 1.29 is 15.0 Å². The van der Waals surface area contributed by atoms with E-state index in [4.69, 9.17) is 5.11 Å². The summed E-state index contributed by atoms with van der Waals surface area (Å²) >= 11 is 1.11. The second-order valence-electron chi connectivity index (χ2n) is 3.57. The number of aromatic hydroxyl groups is 1. The maximum absolute atomic E-state index is 10.5. The predicted molar refractivity (Wildman–Crippen MR) is 66.5 cm³/mol. The first-order valence-corrected chi connectivity index (χ1v) is 6.10. The third kappa shape index (κ3) is 2.80. The molecule has 2 N–H and O–H groups in total. The van der Waals surface area contributed by atoms with Gasteiger partial charge in [-0.15, -0.1) is 0 Å². The minimum Gasteiger partial charge on any atom is -0.508 e. The summed E-state index contributed by atoms with van der Waals surface area (Å²) in [6.07, 6.45) is 0. The molecule has 0 aliphatic carbocycles. The lowest BCUT2D eigenvalue weighted by Gasteiger charge is -1.94. The first kappa shape index (κ1) is 12.4. The molecule has 0 saturated heterocycles. The standard InChI is InChI=1S/C11H11N3O3S/c1-14-11(18-6-9(16)17)12-10(13-14)7-2-4-8(15)5-3-7/h2-5,15H,6H2,1H3,(H,16,17). The number of hydrogen-bond acceptors (Lipinski definition) is 5. The fourth-order valence-corrected chi connectivity index (χ4v) is 1.99. The highest BCUT2D eigenvalue weighted by Crippen LogP contribution is 2.22. The summed E-state index contributed by atoms with van der Waals surface area (Å²) in [4.78, 5) is 14.7. The number of hydrogen-bond donors (Lipinski definition) is 2. The zero-order valence-electron chi connectivity index (χ0n) is 9.57. The molecule has 1 aromatic carbocycles. The molecule has 18 heavy (non-hydrogen) atoms. The second-order valence-corrected chi connectivity index (χ2v) is 4.51. The molecule has 2 rings (SSSR count). The number of aliphatic carboxylic acids is 1. The number of carboxylic acids is 1. The van der Waals surface area contributed by atoms with E-state index in [1.54, 1.807) is 31.3 Å². The first-order valence-electron chi connectivity index (χ1n) is 5.11. The second kappa shape index (κ2) is 5.09. The number of benzene rings is 1. The van der Waals surface area contributed by atoms with Gasteiger partial charge >= 0.3 is 5.97 Å². The van der Waals surface area contributed by atoms with E-state index in [-0.39, 0.29) is 11.5 Å². The Balaban J connectivity index is 2.22. The number of phenols is 1. The monoisotopic (exact) mass is 265 g/mol. The van der Waals surface area contributed by atoms with Crippen molar-refractivity contribution in [3.8, 4) is 17.1 Å². The molecule has 0 bridgehead atoms. The lowest BCUT2D eigenvalue weighted by molar-refractivity contribution is -0.133. The number of carbonyl (C=O) groups is 1. The molecule has 0 aliphatic rings. The average molecular weight is 265 g/mol. The van der Waals surface area contributed by atoms with Crippen LogP contribution < -0.4 is 0 Å². The molecule has 0 spiro atoms. The smallest absolute Gasteiger partial charge is 0.313 e. The van der Waals surface area contributed by atoms with E-state index in [1.165, 1.54) is 4.68 Å². The van der Waals surface area contributed by atoms with Gasteiger partial charge in [0.25, 0.3) is 0 Å². The lowest BCUT2D eigenvalue weighted by Crippen LogP contribution is -2.00. The van der Waals surface area contributed by atoms with Crippen LogP contribution in [0.25, 0.3) is 11.4 Å². The van der Waals surface area contributed by atoms with Crippen molar-refractivity contribution in [1.82, 2.24) is 14.8 Å². The van der Waals surface area contributed by atoms with Gasteiger partial charge in [-0.3, -0.25) is 4.79 Å². The molecular weight excluding hydrogens is 254 g/mol.